The van der Waals surface area contributed by atoms with E-state index >= 15 is 0 Å². The van der Waals surface area contributed by atoms with Crippen molar-refractivity contribution in [2.45, 2.75) is 142 Å². The van der Waals surface area contributed by atoms with Gasteiger partial charge >= 0.3 is 5.97 Å². The van der Waals surface area contributed by atoms with Crippen molar-refractivity contribution in [3.63, 3.8) is 0 Å². The van der Waals surface area contributed by atoms with Gasteiger partial charge in [-0.25, -0.2) is 0 Å². The molecule has 0 N–H and O–H groups in total. The van der Waals surface area contributed by atoms with Crippen LogP contribution >= 0.6 is 0 Å². The number of benzene rings is 1. The number of unbranched alkanes of at least 4 members (excludes halogenated alkanes) is 4. The van der Waals surface area contributed by atoms with E-state index in [-0.39, 0.29) is 17.4 Å². The van der Waals surface area contributed by atoms with Crippen LogP contribution in [0.1, 0.15) is 142 Å². The zero-order valence-corrected chi connectivity index (χ0v) is 25.9. The minimum absolute atomic E-state index is 0.0899. The van der Waals surface area contributed by atoms with Crippen LogP contribution in [-0.4, -0.2) is 12.6 Å². The lowest BCUT2D eigenvalue weighted by Gasteiger charge is -2.37. The summed E-state index contributed by atoms with van der Waals surface area (Å²) in [5, 5.41) is 0. The molecular weight excluding hydrogens is 518 g/mol. The Morgan fingerprint density at radius 1 is 0.659 bits per heavy atom. The third-order valence-electron chi connectivity index (χ3n) is 10.8. The Balaban J connectivity index is 1.17. The maximum absolute atomic E-state index is 14.9. The zero-order chi connectivity index (χ0) is 29.0. The number of hydrogen-bond donors (Lipinski definition) is 0. The molecule has 0 aliphatic heterocycles. The highest BCUT2D eigenvalue weighted by Crippen LogP contribution is 2.43. The van der Waals surface area contributed by atoms with Gasteiger partial charge in [0.2, 0.25) is 11.6 Å². The van der Waals surface area contributed by atoms with Crippen LogP contribution in [0.2, 0.25) is 0 Å². The van der Waals surface area contributed by atoms with Crippen LogP contribution < -0.4 is 9.47 Å². The van der Waals surface area contributed by atoms with Crippen molar-refractivity contribution in [2.75, 3.05) is 6.61 Å². The number of carbonyl (C=O) groups excluding carboxylic acids is 1. The molecule has 232 valence electrons. The molecule has 1 aromatic carbocycles. The van der Waals surface area contributed by atoms with Crippen LogP contribution in [-0.2, 0) is 4.79 Å². The summed E-state index contributed by atoms with van der Waals surface area (Å²) in [6.07, 6.45) is 24.2. The quantitative estimate of drug-likeness (QED) is 0.126. The van der Waals surface area contributed by atoms with Gasteiger partial charge in [0.05, 0.1) is 12.5 Å². The van der Waals surface area contributed by atoms with Crippen molar-refractivity contribution in [1.82, 2.24) is 0 Å². The number of esters is 1. The van der Waals surface area contributed by atoms with Gasteiger partial charge < -0.3 is 9.47 Å². The average molecular weight is 575 g/mol. The van der Waals surface area contributed by atoms with Crippen LogP contribution in [0.3, 0.4) is 0 Å². The minimum atomic E-state index is -1.13. The average Bonchev–Trinajstić information content (AvgIpc) is 3.00. The third kappa shape index (κ3) is 9.68. The fraction of sp³-hybridized carbons (Fsp3) is 0.806. The Labute approximate surface area is 248 Å². The molecule has 0 saturated heterocycles. The van der Waals surface area contributed by atoms with Crippen LogP contribution in [0.25, 0.3) is 0 Å². The summed E-state index contributed by atoms with van der Waals surface area (Å²) in [5.74, 6) is 0.326. The van der Waals surface area contributed by atoms with E-state index in [0.717, 1.165) is 56.3 Å². The molecule has 3 aliphatic rings. The summed E-state index contributed by atoms with van der Waals surface area (Å²) in [5.41, 5.74) is 0. The SMILES string of the molecule is CCCCCC1CCC(COc2ccc(OC(=O)C3CCC(C4CCC(CCCCC)CC4)CC3)c(F)c2F)CC1. The van der Waals surface area contributed by atoms with E-state index in [4.69, 9.17) is 9.47 Å². The van der Waals surface area contributed by atoms with E-state index in [9.17, 15) is 13.6 Å². The molecule has 0 spiro atoms. The maximum atomic E-state index is 14.9. The van der Waals surface area contributed by atoms with E-state index in [1.807, 2.05) is 0 Å². The first-order valence-electron chi connectivity index (χ1n) is 17.3. The van der Waals surface area contributed by atoms with Gasteiger partial charge in [-0.1, -0.05) is 90.9 Å². The largest absolute Gasteiger partial charge is 0.490 e. The first-order chi connectivity index (χ1) is 20.0. The van der Waals surface area contributed by atoms with Gasteiger partial charge in [-0.2, -0.15) is 8.78 Å². The lowest BCUT2D eigenvalue weighted by Crippen LogP contribution is -2.30. The van der Waals surface area contributed by atoms with Crippen LogP contribution in [0.4, 0.5) is 8.78 Å². The molecule has 3 nitrogen and oxygen atoms in total. The van der Waals surface area contributed by atoms with E-state index < -0.39 is 17.6 Å². The summed E-state index contributed by atoms with van der Waals surface area (Å²) >= 11 is 0. The van der Waals surface area contributed by atoms with Crippen molar-refractivity contribution in [3.05, 3.63) is 23.8 Å². The highest BCUT2D eigenvalue weighted by Gasteiger charge is 2.34. The zero-order valence-electron chi connectivity index (χ0n) is 25.9. The highest BCUT2D eigenvalue weighted by atomic mass is 19.2. The van der Waals surface area contributed by atoms with Crippen molar-refractivity contribution < 1.29 is 23.0 Å². The van der Waals surface area contributed by atoms with Crippen LogP contribution in [0.5, 0.6) is 11.5 Å². The van der Waals surface area contributed by atoms with Gasteiger partial charge in [-0.3, -0.25) is 4.79 Å². The van der Waals surface area contributed by atoms with Gasteiger partial charge in [0.15, 0.2) is 11.5 Å². The van der Waals surface area contributed by atoms with Gasteiger partial charge in [-0.05, 0) is 93.1 Å². The second-order valence-corrected chi connectivity index (χ2v) is 13.7. The van der Waals surface area contributed by atoms with Crippen LogP contribution in [0.15, 0.2) is 12.1 Å². The minimum Gasteiger partial charge on any atom is -0.490 e. The first-order valence-corrected chi connectivity index (χ1v) is 17.3. The summed E-state index contributed by atoms with van der Waals surface area (Å²) in [7, 11) is 0. The predicted molar refractivity (Wildman–Crippen MR) is 162 cm³/mol. The number of ether oxygens (including phenoxy) is 2. The monoisotopic (exact) mass is 574 g/mol. The van der Waals surface area contributed by atoms with Crippen molar-refractivity contribution >= 4 is 5.97 Å². The number of carbonyl (C=O) groups is 1. The first kappa shape index (κ1) is 32.3. The predicted octanol–water partition coefficient (Wildman–Crippen LogP) is 10.8. The summed E-state index contributed by atoms with van der Waals surface area (Å²) in [6, 6.07) is 2.76. The molecule has 4 rings (SSSR count). The molecule has 1 aromatic rings. The van der Waals surface area contributed by atoms with Gasteiger partial charge in [0, 0.05) is 0 Å². The number of halogens is 2. The highest BCUT2D eigenvalue weighted by molar-refractivity contribution is 5.75. The van der Waals surface area contributed by atoms with Crippen molar-refractivity contribution in [3.8, 4) is 11.5 Å². The molecule has 0 heterocycles. The molecule has 0 amide bonds. The van der Waals surface area contributed by atoms with Gasteiger partial charge in [-0.15, -0.1) is 0 Å². The Morgan fingerprint density at radius 3 is 1.68 bits per heavy atom. The molecule has 3 saturated carbocycles. The fourth-order valence-corrected chi connectivity index (χ4v) is 7.93. The molecule has 3 fully saturated rings. The standard InChI is InChI=1S/C36H56F2O3/c1-3-5-7-9-26-11-13-28(14-12-26)25-40-32-23-24-33(35(38)34(32)37)41-36(39)31-21-19-30(20-22-31)29-17-15-27(16-18-29)10-8-6-4-2/h23-24,26-31H,3-22,25H2,1-2H3. The van der Waals surface area contributed by atoms with E-state index in [0.29, 0.717) is 18.4 Å². The summed E-state index contributed by atoms with van der Waals surface area (Å²) in [4.78, 5) is 12.9. The molecule has 0 bridgehead atoms. The Bertz CT molecular complexity index is 910. The second-order valence-electron chi connectivity index (χ2n) is 13.7. The number of hydrogen-bond acceptors (Lipinski definition) is 3. The van der Waals surface area contributed by atoms with Crippen molar-refractivity contribution in [1.29, 1.82) is 0 Å². The molecule has 5 heteroatoms. The molecule has 0 radical (unpaired) electrons. The smallest absolute Gasteiger partial charge is 0.314 e. The molecule has 41 heavy (non-hydrogen) atoms. The van der Waals surface area contributed by atoms with E-state index in [1.165, 1.54) is 102 Å². The third-order valence-corrected chi connectivity index (χ3v) is 10.8. The maximum Gasteiger partial charge on any atom is 0.314 e. The summed E-state index contributed by atoms with van der Waals surface area (Å²) < 4.78 is 40.8. The normalized spacial score (nSPS) is 28.8. The molecule has 3 aliphatic carbocycles. The fourth-order valence-electron chi connectivity index (χ4n) is 7.93. The molecular formula is C36H56F2O3. The van der Waals surface area contributed by atoms with E-state index in [2.05, 4.69) is 13.8 Å². The molecule has 0 atom stereocenters. The number of rotatable bonds is 14. The lowest BCUT2D eigenvalue weighted by atomic mass is 9.68. The second kappa shape index (κ2) is 16.8. The molecule has 0 aromatic heterocycles. The van der Waals surface area contributed by atoms with E-state index in [1.54, 1.807) is 0 Å². The Kier molecular flexibility index (Phi) is 13.3. The summed E-state index contributed by atoms with van der Waals surface area (Å²) in [6.45, 7) is 4.91. The Hall–Kier alpha value is -1.65. The molecule has 0 unspecified atom stereocenters. The van der Waals surface area contributed by atoms with Gasteiger partial charge in [0.1, 0.15) is 0 Å². The van der Waals surface area contributed by atoms with Crippen molar-refractivity contribution in [2.24, 2.45) is 35.5 Å². The Morgan fingerprint density at radius 2 is 1.12 bits per heavy atom. The van der Waals surface area contributed by atoms with Crippen LogP contribution in [0, 0.1) is 47.1 Å². The van der Waals surface area contributed by atoms with Gasteiger partial charge in [0.25, 0.3) is 0 Å². The topological polar surface area (TPSA) is 35.5 Å². The lowest BCUT2D eigenvalue weighted by molar-refractivity contribution is -0.140.